The third-order valence-electron chi connectivity index (χ3n) is 4.01. The van der Waals surface area contributed by atoms with Gasteiger partial charge in [-0.25, -0.2) is 0 Å². The number of ether oxygens (including phenoxy) is 2. The number of nitrogens with two attached hydrogens (primary N) is 1. The second-order valence-corrected chi connectivity index (χ2v) is 6.12. The van der Waals surface area contributed by atoms with E-state index < -0.39 is 11.8 Å². The molecule has 2 amide bonds. The summed E-state index contributed by atoms with van der Waals surface area (Å²) in [5.41, 5.74) is 6.32. The number of benzene rings is 2. The molecule has 0 radical (unpaired) electrons. The predicted octanol–water partition coefficient (Wildman–Crippen LogP) is 3.97. The van der Waals surface area contributed by atoms with Crippen molar-refractivity contribution in [3.8, 4) is 22.8 Å². The van der Waals surface area contributed by atoms with E-state index in [1.165, 1.54) is 32.4 Å². The van der Waals surface area contributed by atoms with Crippen LogP contribution in [0.2, 0.25) is 5.02 Å². The minimum absolute atomic E-state index is 0.0418. The first-order chi connectivity index (χ1) is 13.4. The van der Waals surface area contributed by atoms with E-state index in [-0.39, 0.29) is 17.0 Å². The molecular formula is C20H17ClN2O5. The van der Waals surface area contributed by atoms with Crippen LogP contribution >= 0.6 is 11.6 Å². The fourth-order valence-electron chi connectivity index (χ4n) is 2.64. The van der Waals surface area contributed by atoms with Crippen molar-refractivity contribution in [2.24, 2.45) is 5.73 Å². The van der Waals surface area contributed by atoms with E-state index in [9.17, 15) is 9.59 Å². The summed E-state index contributed by atoms with van der Waals surface area (Å²) >= 11 is 6.16. The smallest absolute Gasteiger partial charge is 0.291 e. The van der Waals surface area contributed by atoms with Crippen LogP contribution in [0, 0.1) is 0 Å². The second kappa shape index (κ2) is 8.06. The van der Waals surface area contributed by atoms with Crippen LogP contribution in [0.4, 0.5) is 5.69 Å². The number of primary amides is 1. The summed E-state index contributed by atoms with van der Waals surface area (Å²) in [6.07, 6.45) is 0. The third kappa shape index (κ3) is 3.79. The number of amides is 2. The van der Waals surface area contributed by atoms with Gasteiger partial charge in [0.1, 0.15) is 5.76 Å². The maximum Gasteiger partial charge on any atom is 0.291 e. The molecule has 1 aromatic heterocycles. The molecule has 0 aliphatic rings. The molecule has 2 aromatic carbocycles. The Kier molecular flexibility index (Phi) is 5.56. The van der Waals surface area contributed by atoms with E-state index in [0.29, 0.717) is 27.8 Å². The Morgan fingerprint density at radius 1 is 1.04 bits per heavy atom. The topological polar surface area (TPSA) is 104 Å². The van der Waals surface area contributed by atoms with Crippen molar-refractivity contribution in [3.63, 3.8) is 0 Å². The highest BCUT2D eigenvalue weighted by atomic mass is 35.5. The first-order valence-electron chi connectivity index (χ1n) is 8.16. The molecule has 0 atom stereocenters. The Labute approximate surface area is 166 Å². The zero-order valence-corrected chi connectivity index (χ0v) is 15.9. The van der Waals surface area contributed by atoms with Crippen LogP contribution in [0.5, 0.6) is 11.5 Å². The molecule has 0 aliphatic carbocycles. The van der Waals surface area contributed by atoms with E-state index in [2.05, 4.69) is 5.32 Å². The number of furan rings is 1. The number of rotatable bonds is 6. The summed E-state index contributed by atoms with van der Waals surface area (Å²) in [5, 5.41) is 3.11. The lowest BCUT2D eigenvalue weighted by Crippen LogP contribution is -2.18. The first kappa shape index (κ1) is 19.3. The van der Waals surface area contributed by atoms with Crippen LogP contribution in [0.1, 0.15) is 20.9 Å². The number of hydrogen-bond donors (Lipinski definition) is 2. The molecule has 3 aromatic rings. The van der Waals surface area contributed by atoms with Crippen molar-refractivity contribution in [1.82, 2.24) is 0 Å². The Hall–Kier alpha value is -3.45. The lowest BCUT2D eigenvalue weighted by atomic mass is 10.1. The summed E-state index contributed by atoms with van der Waals surface area (Å²) in [4.78, 5) is 24.4. The molecule has 0 aliphatic heterocycles. The molecule has 0 fully saturated rings. The fourth-order valence-corrected chi connectivity index (χ4v) is 2.86. The van der Waals surface area contributed by atoms with Crippen molar-refractivity contribution in [1.29, 1.82) is 0 Å². The third-order valence-corrected chi connectivity index (χ3v) is 4.34. The minimum Gasteiger partial charge on any atom is -0.493 e. The maximum atomic E-state index is 12.6. The maximum absolute atomic E-state index is 12.6. The van der Waals surface area contributed by atoms with Gasteiger partial charge in [0.25, 0.3) is 11.8 Å². The summed E-state index contributed by atoms with van der Waals surface area (Å²) in [6, 6.07) is 13.1. The van der Waals surface area contributed by atoms with Crippen molar-refractivity contribution >= 4 is 29.1 Å². The lowest BCUT2D eigenvalue weighted by molar-refractivity contribution is 0.0997. The molecule has 28 heavy (non-hydrogen) atoms. The van der Waals surface area contributed by atoms with Crippen LogP contribution in [0.25, 0.3) is 11.3 Å². The number of nitrogens with one attached hydrogen (secondary N) is 1. The molecule has 7 nitrogen and oxygen atoms in total. The lowest BCUT2D eigenvalue weighted by Gasteiger charge is -2.13. The van der Waals surface area contributed by atoms with E-state index in [1.807, 2.05) is 6.07 Å². The number of anilines is 1. The Morgan fingerprint density at radius 3 is 2.36 bits per heavy atom. The number of methoxy groups -OCH3 is 2. The largest absolute Gasteiger partial charge is 0.493 e. The molecule has 0 spiro atoms. The van der Waals surface area contributed by atoms with Gasteiger partial charge in [0, 0.05) is 11.6 Å². The Bertz CT molecular complexity index is 1040. The number of carbonyl (C=O) groups is 2. The summed E-state index contributed by atoms with van der Waals surface area (Å²) < 4.78 is 16.0. The minimum atomic E-state index is -0.729. The van der Waals surface area contributed by atoms with Crippen molar-refractivity contribution < 1.29 is 23.5 Å². The average molecular weight is 401 g/mol. The van der Waals surface area contributed by atoms with Crippen molar-refractivity contribution in [3.05, 3.63) is 64.9 Å². The summed E-state index contributed by atoms with van der Waals surface area (Å²) in [7, 11) is 2.87. The van der Waals surface area contributed by atoms with Crippen molar-refractivity contribution in [2.45, 2.75) is 0 Å². The quantitative estimate of drug-likeness (QED) is 0.651. The molecular weight excluding hydrogens is 384 g/mol. The molecule has 0 unspecified atom stereocenters. The molecule has 8 heteroatoms. The van der Waals surface area contributed by atoms with E-state index >= 15 is 0 Å². The normalized spacial score (nSPS) is 10.4. The van der Waals surface area contributed by atoms with Gasteiger partial charge < -0.3 is 24.9 Å². The highest BCUT2D eigenvalue weighted by Crippen LogP contribution is 2.34. The van der Waals surface area contributed by atoms with Gasteiger partial charge in [0.2, 0.25) is 0 Å². The second-order valence-electron chi connectivity index (χ2n) is 5.71. The SMILES string of the molecule is COc1cc(NC(=O)c2ccc(-c3ccccc3Cl)o2)c(C(N)=O)cc1OC. The first-order valence-corrected chi connectivity index (χ1v) is 8.54. The van der Waals surface area contributed by atoms with Crippen molar-refractivity contribution in [2.75, 3.05) is 19.5 Å². The van der Waals surface area contributed by atoms with Gasteiger partial charge in [-0.05, 0) is 30.3 Å². The fraction of sp³-hybridized carbons (Fsp3) is 0.100. The van der Waals surface area contributed by atoms with E-state index in [4.69, 9.17) is 31.2 Å². The van der Waals surface area contributed by atoms with E-state index in [1.54, 1.807) is 24.3 Å². The zero-order valence-electron chi connectivity index (χ0n) is 15.1. The van der Waals surface area contributed by atoms with Crippen LogP contribution in [-0.4, -0.2) is 26.0 Å². The van der Waals surface area contributed by atoms with Crippen LogP contribution in [-0.2, 0) is 0 Å². The van der Waals surface area contributed by atoms with Crippen LogP contribution in [0.15, 0.2) is 52.9 Å². The van der Waals surface area contributed by atoms with Gasteiger partial charge >= 0.3 is 0 Å². The van der Waals surface area contributed by atoms with Crippen LogP contribution < -0.4 is 20.5 Å². The highest BCUT2D eigenvalue weighted by Gasteiger charge is 2.19. The van der Waals surface area contributed by atoms with Gasteiger partial charge in [0.05, 0.1) is 30.5 Å². The monoisotopic (exact) mass is 400 g/mol. The van der Waals surface area contributed by atoms with Gasteiger partial charge in [-0.1, -0.05) is 23.7 Å². The molecule has 0 saturated heterocycles. The highest BCUT2D eigenvalue weighted by molar-refractivity contribution is 6.33. The molecule has 3 rings (SSSR count). The number of halogens is 1. The van der Waals surface area contributed by atoms with Gasteiger partial charge in [-0.15, -0.1) is 0 Å². The van der Waals surface area contributed by atoms with Gasteiger partial charge in [-0.2, -0.15) is 0 Å². The summed E-state index contributed by atoms with van der Waals surface area (Å²) in [5.74, 6) is -0.161. The zero-order chi connectivity index (χ0) is 20.3. The molecule has 0 bridgehead atoms. The molecule has 0 saturated carbocycles. The van der Waals surface area contributed by atoms with Gasteiger partial charge in [0.15, 0.2) is 17.3 Å². The van der Waals surface area contributed by atoms with Gasteiger partial charge in [-0.3, -0.25) is 9.59 Å². The number of hydrogen-bond acceptors (Lipinski definition) is 5. The Balaban J connectivity index is 1.91. The molecule has 144 valence electrons. The average Bonchev–Trinajstić information content (AvgIpc) is 3.17. The standard InChI is InChI=1S/C20H17ClN2O5/c1-26-17-9-12(19(22)24)14(10-18(17)27-2)23-20(25)16-8-7-15(28-16)11-5-3-4-6-13(11)21/h3-10H,1-2H3,(H2,22,24)(H,23,25). The molecule has 1 heterocycles. The predicted molar refractivity (Wildman–Crippen MR) is 105 cm³/mol. The Morgan fingerprint density at radius 2 is 1.71 bits per heavy atom. The number of carbonyl (C=O) groups excluding carboxylic acids is 2. The summed E-state index contributed by atoms with van der Waals surface area (Å²) in [6.45, 7) is 0. The van der Waals surface area contributed by atoms with E-state index in [0.717, 1.165) is 0 Å². The molecule has 3 N–H and O–H groups in total. The van der Waals surface area contributed by atoms with Crippen LogP contribution in [0.3, 0.4) is 0 Å².